The Bertz CT molecular complexity index is 588. The van der Waals surface area contributed by atoms with Gasteiger partial charge in [-0.05, 0) is 36.0 Å². The Hall–Kier alpha value is -1.57. The highest BCUT2D eigenvalue weighted by Gasteiger charge is 2.67. The summed E-state index contributed by atoms with van der Waals surface area (Å²) in [5.41, 5.74) is 1.39. The summed E-state index contributed by atoms with van der Waals surface area (Å²) in [4.78, 5) is 0. The molecule has 1 saturated heterocycles. The molecule has 2 atom stereocenters. The first-order valence-corrected chi connectivity index (χ1v) is 8.05. The Labute approximate surface area is 131 Å². The van der Waals surface area contributed by atoms with Crippen molar-refractivity contribution in [3.8, 4) is 11.8 Å². The van der Waals surface area contributed by atoms with Gasteiger partial charge in [-0.1, -0.05) is 12.1 Å². The molecule has 1 aliphatic heterocycles. The summed E-state index contributed by atoms with van der Waals surface area (Å²) in [6, 6.07) is 10.7. The third-order valence-electron chi connectivity index (χ3n) is 5.83. The molecule has 116 valence electrons. The molecule has 1 aromatic carbocycles. The van der Waals surface area contributed by atoms with E-state index in [1.54, 1.807) is 7.11 Å². The maximum absolute atomic E-state index is 9.58. The van der Waals surface area contributed by atoms with Crippen molar-refractivity contribution in [2.24, 2.45) is 11.3 Å². The maximum Gasteiger partial charge on any atom is 0.168 e. The highest BCUT2D eigenvalue weighted by Crippen LogP contribution is 2.72. The fraction of sp³-hybridized carbons (Fsp3) is 0.611. The molecule has 0 N–H and O–H groups in total. The van der Waals surface area contributed by atoms with Gasteiger partial charge in [0, 0.05) is 18.8 Å². The molecule has 3 aliphatic rings. The fourth-order valence-electron chi connectivity index (χ4n) is 4.53. The maximum atomic E-state index is 9.58. The van der Waals surface area contributed by atoms with Crippen molar-refractivity contribution in [1.29, 1.82) is 5.26 Å². The van der Waals surface area contributed by atoms with Crippen LogP contribution in [0.25, 0.3) is 0 Å². The van der Waals surface area contributed by atoms with Gasteiger partial charge in [0.05, 0.1) is 32.3 Å². The van der Waals surface area contributed by atoms with Crippen molar-refractivity contribution < 1.29 is 14.2 Å². The number of nitrogens with zero attached hydrogens (tertiary/aromatic N) is 1. The average molecular weight is 299 g/mol. The molecule has 2 spiro atoms. The van der Waals surface area contributed by atoms with Gasteiger partial charge in [0.25, 0.3) is 0 Å². The summed E-state index contributed by atoms with van der Waals surface area (Å²) in [7, 11) is 1.67. The number of methoxy groups -OCH3 is 1. The van der Waals surface area contributed by atoms with E-state index in [0.717, 1.165) is 31.4 Å². The fourth-order valence-corrected chi connectivity index (χ4v) is 4.53. The van der Waals surface area contributed by atoms with Crippen LogP contribution >= 0.6 is 0 Å². The van der Waals surface area contributed by atoms with E-state index < -0.39 is 0 Å². The number of hydrogen-bond acceptors (Lipinski definition) is 4. The molecule has 1 aromatic rings. The predicted molar refractivity (Wildman–Crippen MR) is 80.4 cm³/mol. The lowest BCUT2D eigenvalue weighted by Gasteiger charge is -2.36. The Kier molecular flexibility index (Phi) is 3.18. The van der Waals surface area contributed by atoms with E-state index in [0.29, 0.717) is 19.1 Å². The Morgan fingerprint density at radius 1 is 1.09 bits per heavy atom. The molecular weight excluding hydrogens is 278 g/mol. The lowest BCUT2D eigenvalue weighted by atomic mass is 9.79. The van der Waals surface area contributed by atoms with Gasteiger partial charge in [-0.2, -0.15) is 5.26 Å². The zero-order valence-corrected chi connectivity index (χ0v) is 12.9. The van der Waals surface area contributed by atoms with Gasteiger partial charge >= 0.3 is 0 Å². The first kappa shape index (κ1) is 14.0. The van der Waals surface area contributed by atoms with E-state index in [9.17, 15) is 5.26 Å². The van der Waals surface area contributed by atoms with E-state index in [1.807, 2.05) is 12.1 Å². The van der Waals surface area contributed by atoms with E-state index in [1.165, 1.54) is 5.56 Å². The summed E-state index contributed by atoms with van der Waals surface area (Å²) in [5.74, 6) is 0.988. The number of rotatable bonds is 2. The smallest absolute Gasteiger partial charge is 0.168 e. The molecule has 4 nitrogen and oxygen atoms in total. The number of nitriles is 1. The van der Waals surface area contributed by atoms with E-state index >= 15 is 0 Å². The minimum absolute atomic E-state index is 0.125. The average Bonchev–Trinajstić information content (AvgIpc) is 2.95. The third-order valence-corrected chi connectivity index (χ3v) is 5.83. The highest BCUT2D eigenvalue weighted by atomic mass is 16.7. The zero-order chi connectivity index (χ0) is 15.2. The van der Waals surface area contributed by atoms with Crippen molar-refractivity contribution in [3.05, 3.63) is 29.8 Å². The molecule has 0 radical (unpaired) electrons. The van der Waals surface area contributed by atoms with Gasteiger partial charge in [-0.15, -0.1) is 0 Å². The SMILES string of the molecule is COc1ccc([C@@H]2[C@@H](C#N)C23CCC2(CC3)OCCO2)cc1. The van der Waals surface area contributed by atoms with E-state index in [4.69, 9.17) is 14.2 Å². The lowest BCUT2D eigenvalue weighted by molar-refractivity contribution is -0.185. The van der Waals surface area contributed by atoms with Gasteiger partial charge in [0.15, 0.2) is 5.79 Å². The summed E-state index contributed by atoms with van der Waals surface area (Å²) in [6.07, 6.45) is 3.86. The molecule has 0 aromatic heterocycles. The number of hydrogen-bond donors (Lipinski definition) is 0. The second-order valence-electron chi connectivity index (χ2n) is 6.70. The van der Waals surface area contributed by atoms with Gasteiger partial charge in [0.2, 0.25) is 0 Å². The van der Waals surface area contributed by atoms with E-state index in [2.05, 4.69) is 18.2 Å². The Balaban J connectivity index is 1.53. The first-order chi connectivity index (χ1) is 10.7. The third kappa shape index (κ3) is 1.96. The van der Waals surface area contributed by atoms with Crippen LogP contribution in [0.3, 0.4) is 0 Å². The molecule has 0 amide bonds. The standard InChI is InChI=1S/C18H21NO3/c1-20-14-4-2-13(3-5-14)16-15(12-19)17(16)6-8-18(9-7-17)21-10-11-22-18/h2-5,15-16H,6-11H2,1H3/t15-,16-/m1/s1. The summed E-state index contributed by atoms with van der Waals surface area (Å²) in [6.45, 7) is 1.41. The first-order valence-electron chi connectivity index (χ1n) is 8.05. The van der Waals surface area contributed by atoms with E-state index in [-0.39, 0.29) is 17.1 Å². The lowest BCUT2D eigenvalue weighted by Crippen LogP contribution is -2.36. The normalized spacial score (nSPS) is 31.1. The molecule has 1 heterocycles. The van der Waals surface area contributed by atoms with Gasteiger partial charge in [0.1, 0.15) is 5.75 Å². The largest absolute Gasteiger partial charge is 0.497 e. The Morgan fingerprint density at radius 2 is 1.73 bits per heavy atom. The molecule has 4 heteroatoms. The van der Waals surface area contributed by atoms with Gasteiger partial charge < -0.3 is 14.2 Å². The number of benzene rings is 1. The molecule has 2 aliphatic carbocycles. The number of ether oxygens (including phenoxy) is 3. The second kappa shape index (κ2) is 4.97. The van der Waals surface area contributed by atoms with Crippen LogP contribution in [0.2, 0.25) is 0 Å². The highest BCUT2D eigenvalue weighted by molar-refractivity contribution is 5.40. The zero-order valence-electron chi connectivity index (χ0n) is 12.9. The van der Waals surface area contributed by atoms with Crippen LogP contribution in [-0.2, 0) is 9.47 Å². The van der Waals surface area contributed by atoms with Crippen molar-refractivity contribution in [3.63, 3.8) is 0 Å². The van der Waals surface area contributed by atoms with Crippen LogP contribution < -0.4 is 4.74 Å². The predicted octanol–water partition coefficient (Wildman–Crippen LogP) is 3.24. The van der Waals surface area contributed by atoms with Crippen LogP contribution in [0.5, 0.6) is 5.75 Å². The minimum Gasteiger partial charge on any atom is -0.497 e. The van der Waals surface area contributed by atoms with Crippen LogP contribution in [0.4, 0.5) is 0 Å². The van der Waals surface area contributed by atoms with Crippen molar-refractivity contribution in [2.45, 2.75) is 37.4 Å². The summed E-state index contributed by atoms with van der Waals surface area (Å²) < 4.78 is 16.9. The topological polar surface area (TPSA) is 51.5 Å². The molecule has 2 saturated carbocycles. The van der Waals surface area contributed by atoms with Crippen LogP contribution in [0.1, 0.15) is 37.2 Å². The van der Waals surface area contributed by atoms with Crippen LogP contribution in [-0.4, -0.2) is 26.1 Å². The Morgan fingerprint density at radius 3 is 2.27 bits per heavy atom. The molecule has 0 bridgehead atoms. The van der Waals surface area contributed by atoms with Gasteiger partial charge in [-0.3, -0.25) is 0 Å². The van der Waals surface area contributed by atoms with Crippen molar-refractivity contribution in [1.82, 2.24) is 0 Å². The summed E-state index contributed by atoms with van der Waals surface area (Å²) >= 11 is 0. The molecular formula is C18H21NO3. The molecule has 4 rings (SSSR count). The monoisotopic (exact) mass is 299 g/mol. The molecule has 3 fully saturated rings. The molecule has 0 unspecified atom stereocenters. The molecule has 22 heavy (non-hydrogen) atoms. The van der Waals surface area contributed by atoms with Crippen molar-refractivity contribution >= 4 is 0 Å². The van der Waals surface area contributed by atoms with Gasteiger partial charge in [-0.25, -0.2) is 0 Å². The minimum atomic E-state index is -0.349. The second-order valence-corrected chi connectivity index (χ2v) is 6.70. The van der Waals surface area contributed by atoms with Crippen molar-refractivity contribution in [2.75, 3.05) is 20.3 Å². The van der Waals surface area contributed by atoms with Crippen LogP contribution in [0.15, 0.2) is 24.3 Å². The quantitative estimate of drug-likeness (QED) is 0.841. The summed E-state index contributed by atoms with van der Waals surface area (Å²) in [5, 5.41) is 9.58. The van der Waals surface area contributed by atoms with Crippen LogP contribution in [0, 0.1) is 22.7 Å².